The lowest BCUT2D eigenvalue weighted by atomic mass is 10.1. The van der Waals surface area contributed by atoms with Gasteiger partial charge in [0.05, 0.1) is 7.11 Å². The molecule has 3 rings (SSSR count). The Hall–Kier alpha value is -2.82. The number of amides is 1. The van der Waals surface area contributed by atoms with Gasteiger partial charge >= 0.3 is 12.1 Å². The number of esters is 1. The summed E-state index contributed by atoms with van der Waals surface area (Å²) >= 11 is 0. The van der Waals surface area contributed by atoms with Gasteiger partial charge in [0.15, 0.2) is 6.04 Å². The average molecular weight is 297 g/mol. The minimum Gasteiger partial charge on any atom is -0.453 e. The SMILES string of the molecule is COC(=O)N1[C@@H](c2ccccc2)OC(=O)[C@@H]1c1ccccc1. The maximum absolute atomic E-state index is 12.3. The molecular formula is C17H15NO4. The van der Waals surface area contributed by atoms with E-state index in [4.69, 9.17) is 9.47 Å². The molecule has 0 aliphatic carbocycles. The van der Waals surface area contributed by atoms with Gasteiger partial charge in [-0.1, -0.05) is 60.7 Å². The summed E-state index contributed by atoms with van der Waals surface area (Å²) in [5, 5.41) is 0. The van der Waals surface area contributed by atoms with Gasteiger partial charge in [0.2, 0.25) is 6.23 Å². The van der Waals surface area contributed by atoms with E-state index in [0.717, 1.165) is 5.56 Å². The van der Waals surface area contributed by atoms with E-state index in [1.54, 1.807) is 24.3 Å². The van der Waals surface area contributed by atoms with Gasteiger partial charge in [-0.2, -0.15) is 0 Å². The summed E-state index contributed by atoms with van der Waals surface area (Å²) < 4.78 is 10.3. The predicted molar refractivity (Wildman–Crippen MR) is 78.7 cm³/mol. The van der Waals surface area contributed by atoms with Gasteiger partial charge in [0.1, 0.15) is 0 Å². The van der Waals surface area contributed by atoms with Crippen LogP contribution < -0.4 is 0 Å². The number of rotatable bonds is 2. The first-order valence-electron chi connectivity index (χ1n) is 6.89. The Kier molecular flexibility index (Phi) is 3.78. The van der Waals surface area contributed by atoms with Crippen LogP contribution in [0.15, 0.2) is 60.7 Å². The number of nitrogens with zero attached hydrogens (tertiary/aromatic N) is 1. The fraction of sp³-hybridized carbons (Fsp3) is 0.176. The van der Waals surface area contributed by atoms with Crippen LogP contribution in [0.2, 0.25) is 0 Å². The zero-order chi connectivity index (χ0) is 15.5. The average Bonchev–Trinajstić information content (AvgIpc) is 2.93. The van der Waals surface area contributed by atoms with E-state index in [9.17, 15) is 9.59 Å². The molecule has 2 aromatic carbocycles. The van der Waals surface area contributed by atoms with Gasteiger partial charge in [-0.25, -0.2) is 14.5 Å². The molecule has 0 unspecified atom stereocenters. The fourth-order valence-corrected chi connectivity index (χ4v) is 2.57. The molecule has 0 saturated carbocycles. The molecule has 2 aromatic rings. The normalized spacial score (nSPS) is 20.6. The van der Waals surface area contributed by atoms with Crippen molar-refractivity contribution in [3.05, 3.63) is 71.8 Å². The van der Waals surface area contributed by atoms with Crippen LogP contribution in [-0.4, -0.2) is 24.1 Å². The lowest BCUT2D eigenvalue weighted by Crippen LogP contribution is -2.34. The summed E-state index contributed by atoms with van der Waals surface area (Å²) in [4.78, 5) is 25.8. The number of cyclic esters (lactones) is 1. The number of ether oxygens (including phenoxy) is 2. The fourth-order valence-electron chi connectivity index (χ4n) is 2.57. The van der Waals surface area contributed by atoms with Crippen molar-refractivity contribution in [3.63, 3.8) is 0 Å². The Morgan fingerprint density at radius 1 is 1.00 bits per heavy atom. The number of hydrogen-bond donors (Lipinski definition) is 0. The van der Waals surface area contributed by atoms with E-state index < -0.39 is 24.3 Å². The van der Waals surface area contributed by atoms with E-state index >= 15 is 0 Å². The van der Waals surface area contributed by atoms with Crippen molar-refractivity contribution in [1.82, 2.24) is 4.90 Å². The van der Waals surface area contributed by atoms with E-state index in [-0.39, 0.29) is 0 Å². The van der Waals surface area contributed by atoms with Crippen LogP contribution in [0.1, 0.15) is 23.4 Å². The molecule has 2 atom stereocenters. The zero-order valence-electron chi connectivity index (χ0n) is 12.0. The quantitative estimate of drug-likeness (QED) is 0.799. The molecular weight excluding hydrogens is 282 g/mol. The van der Waals surface area contributed by atoms with Gasteiger partial charge in [0, 0.05) is 5.56 Å². The van der Waals surface area contributed by atoms with Crippen LogP contribution in [0.4, 0.5) is 4.79 Å². The van der Waals surface area contributed by atoms with Gasteiger partial charge in [-0.15, -0.1) is 0 Å². The van der Waals surface area contributed by atoms with E-state index in [0.29, 0.717) is 5.56 Å². The van der Waals surface area contributed by atoms with Crippen molar-refractivity contribution in [2.75, 3.05) is 7.11 Å². The molecule has 22 heavy (non-hydrogen) atoms. The summed E-state index contributed by atoms with van der Waals surface area (Å²) in [5.41, 5.74) is 1.41. The highest BCUT2D eigenvalue weighted by Gasteiger charge is 2.47. The second-order valence-electron chi connectivity index (χ2n) is 4.89. The molecule has 0 radical (unpaired) electrons. The summed E-state index contributed by atoms with van der Waals surface area (Å²) in [7, 11) is 1.29. The summed E-state index contributed by atoms with van der Waals surface area (Å²) in [6.45, 7) is 0. The van der Waals surface area contributed by atoms with Crippen LogP contribution >= 0.6 is 0 Å². The van der Waals surface area contributed by atoms with Crippen molar-refractivity contribution in [3.8, 4) is 0 Å². The zero-order valence-corrected chi connectivity index (χ0v) is 12.0. The third-order valence-electron chi connectivity index (χ3n) is 3.57. The molecule has 1 fully saturated rings. The van der Waals surface area contributed by atoms with Crippen molar-refractivity contribution in [2.45, 2.75) is 12.3 Å². The molecule has 5 nitrogen and oxygen atoms in total. The first-order valence-corrected chi connectivity index (χ1v) is 6.89. The highest BCUT2D eigenvalue weighted by molar-refractivity contribution is 5.86. The summed E-state index contributed by atoms with van der Waals surface area (Å²) in [6, 6.07) is 17.4. The van der Waals surface area contributed by atoms with E-state index in [1.807, 2.05) is 36.4 Å². The molecule has 112 valence electrons. The molecule has 1 saturated heterocycles. The van der Waals surface area contributed by atoms with E-state index in [1.165, 1.54) is 12.0 Å². The maximum atomic E-state index is 12.3. The largest absolute Gasteiger partial charge is 0.453 e. The van der Waals surface area contributed by atoms with Crippen LogP contribution in [0.3, 0.4) is 0 Å². The molecule has 0 aromatic heterocycles. The number of carbonyl (C=O) groups excluding carboxylic acids is 2. The summed E-state index contributed by atoms with van der Waals surface area (Å²) in [5.74, 6) is -0.467. The van der Waals surface area contributed by atoms with Crippen LogP contribution in [0, 0.1) is 0 Å². The second kappa shape index (κ2) is 5.89. The first-order chi connectivity index (χ1) is 10.7. The van der Waals surface area contributed by atoms with Crippen molar-refractivity contribution < 1.29 is 19.1 Å². The highest BCUT2D eigenvalue weighted by Crippen LogP contribution is 2.39. The number of hydrogen-bond acceptors (Lipinski definition) is 4. The van der Waals surface area contributed by atoms with E-state index in [2.05, 4.69) is 0 Å². The van der Waals surface area contributed by atoms with Crippen LogP contribution in [0.5, 0.6) is 0 Å². The maximum Gasteiger partial charge on any atom is 0.413 e. The topological polar surface area (TPSA) is 55.8 Å². The smallest absolute Gasteiger partial charge is 0.413 e. The monoisotopic (exact) mass is 297 g/mol. The van der Waals surface area contributed by atoms with Gasteiger partial charge < -0.3 is 9.47 Å². The molecule has 0 N–H and O–H groups in total. The molecule has 1 aliphatic heterocycles. The molecule has 0 spiro atoms. The highest BCUT2D eigenvalue weighted by atomic mass is 16.6. The second-order valence-corrected chi connectivity index (χ2v) is 4.89. The van der Waals surface area contributed by atoms with Gasteiger partial charge in [-0.3, -0.25) is 0 Å². The minimum absolute atomic E-state index is 0.467. The van der Waals surface area contributed by atoms with Crippen LogP contribution in [-0.2, 0) is 14.3 Å². The third-order valence-corrected chi connectivity index (χ3v) is 3.57. The van der Waals surface area contributed by atoms with Gasteiger partial charge in [0.25, 0.3) is 0 Å². The Bertz CT molecular complexity index is 672. The minimum atomic E-state index is -0.807. The Labute approximate surface area is 128 Å². The van der Waals surface area contributed by atoms with Crippen LogP contribution in [0.25, 0.3) is 0 Å². The Balaban J connectivity index is 2.03. The molecule has 1 amide bonds. The Morgan fingerprint density at radius 2 is 1.55 bits per heavy atom. The number of benzene rings is 2. The first kappa shape index (κ1) is 14.1. The molecule has 5 heteroatoms. The summed E-state index contributed by atoms with van der Waals surface area (Å²) in [6.07, 6.45) is -1.39. The lowest BCUT2D eigenvalue weighted by molar-refractivity contribution is -0.143. The van der Waals surface area contributed by atoms with Crippen molar-refractivity contribution in [2.24, 2.45) is 0 Å². The van der Waals surface area contributed by atoms with Gasteiger partial charge in [-0.05, 0) is 5.56 Å². The predicted octanol–water partition coefficient (Wildman–Crippen LogP) is 3.05. The lowest BCUT2D eigenvalue weighted by Gasteiger charge is -2.25. The number of carbonyl (C=O) groups is 2. The number of methoxy groups -OCH3 is 1. The molecule has 0 bridgehead atoms. The molecule has 1 aliphatic rings. The standard InChI is InChI=1S/C17H15NO4/c1-21-17(20)18-14(12-8-4-2-5-9-12)16(19)22-15(18)13-10-6-3-7-11-13/h2-11,14-15H,1H3/t14-,15+/m0/s1. The van der Waals surface area contributed by atoms with Crippen molar-refractivity contribution >= 4 is 12.1 Å². The van der Waals surface area contributed by atoms with Crippen molar-refractivity contribution in [1.29, 1.82) is 0 Å². The molecule has 1 heterocycles. The Morgan fingerprint density at radius 3 is 2.09 bits per heavy atom. The third kappa shape index (κ3) is 2.41.